The highest BCUT2D eigenvalue weighted by Crippen LogP contribution is 2.37. The van der Waals surface area contributed by atoms with Gasteiger partial charge in [-0.3, -0.25) is 9.59 Å². The summed E-state index contributed by atoms with van der Waals surface area (Å²) in [4.78, 5) is 35.4. The second kappa shape index (κ2) is 9.02. The molecule has 6 heteroatoms. The third kappa shape index (κ3) is 4.04. The van der Waals surface area contributed by atoms with E-state index in [1.807, 2.05) is 54.3 Å². The fourth-order valence-corrected chi connectivity index (χ4v) is 6.15. The molecule has 0 saturated carbocycles. The van der Waals surface area contributed by atoms with Crippen LogP contribution in [0.3, 0.4) is 0 Å². The summed E-state index contributed by atoms with van der Waals surface area (Å²) in [7, 11) is 0. The summed E-state index contributed by atoms with van der Waals surface area (Å²) in [6.45, 7) is 4.07. The van der Waals surface area contributed by atoms with Crippen LogP contribution in [0.2, 0.25) is 0 Å². The largest absolute Gasteiger partial charge is 0.339 e. The number of carbonyl (C=O) groups excluding carboxylic acids is 2. The highest BCUT2D eigenvalue weighted by Gasteiger charge is 2.36. The van der Waals surface area contributed by atoms with Crippen molar-refractivity contribution in [2.45, 2.75) is 45.1 Å². The Bertz CT molecular complexity index is 1100. The van der Waals surface area contributed by atoms with Gasteiger partial charge in [-0.2, -0.15) is 0 Å². The fraction of sp³-hybridized carbons (Fsp3) is 0.423. The van der Waals surface area contributed by atoms with E-state index in [0.717, 1.165) is 60.3 Å². The molecule has 3 heterocycles. The maximum atomic E-state index is 13.6. The van der Waals surface area contributed by atoms with Gasteiger partial charge in [-0.15, -0.1) is 11.3 Å². The van der Waals surface area contributed by atoms with Crippen molar-refractivity contribution in [2.24, 2.45) is 5.92 Å². The number of para-hydroxylation sites is 1. The zero-order valence-corrected chi connectivity index (χ0v) is 19.3. The highest BCUT2D eigenvalue weighted by molar-refractivity contribution is 7.18. The number of thiazole rings is 1. The maximum absolute atomic E-state index is 13.6. The Balaban J connectivity index is 1.27. The number of aryl methyl sites for hydroxylation is 1. The lowest BCUT2D eigenvalue weighted by atomic mass is 9.92. The summed E-state index contributed by atoms with van der Waals surface area (Å²) >= 11 is 1.72. The summed E-state index contributed by atoms with van der Waals surface area (Å²) in [5.41, 5.74) is 2.79. The van der Waals surface area contributed by atoms with Gasteiger partial charge in [0.2, 0.25) is 5.91 Å². The van der Waals surface area contributed by atoms with E-state index in [1.54, 1.807) is 11.3 Å². The van der Waals surface area contributed by atoms with Crippen LogP contribution >= 0.6 is 11.3 Å². The molecule has 2 fully saturated rings. The van der Waals surface area contributed by atoms with Crippen LogP contribution in [0, 0.1) is 12.8 Å². The predicted octanol–water partition coefficient (Wildman–Crippen LogP) is 5.21. The minimum absolute atomic E-state index is 0.00843. The van der Waals surface area contributed by atoms with Gasteiger partial charge < -0.3 is 9.80 Å². The standard InChI is InChI=1S/C26H29N3O2S/c1-18-8-2-3-9-20(18)26(31)28-16-13-19(14-17-28)25(30)29-15-7-6-11-22(29)24-27-21-10-4-5-12-23(21)32-24/h2-5,8-10,12,19,22H,6-7,11,13-17H2,1H3/t22-/m0/s1. The number of rotatable bonds is 3. The molecular weight excluding hydrogens is 418 g/mol. The van der Waals surface area contributed by atoms with Crippen LogP contribution in [-0.2, 0) is 4.79 Å². The molecule has 32 heavy (non-hydrogen) atoms. The molecule has 5 nitrogen and oxygen atoms in total. The Morgan fingerprint density at radius 1 is 0.938 bits per heavy atom. The van der Waals surface area contributed by atoms with Crippen LogP contribution in [0.1, 0.15) is 59.1 Å². The number of nitrogens with zero attached hydrogens (tertiary/aromatic N) is 3. The highest BCUT2D eigenvalue weighted by atomic mass is 32.1. The van der Waals surface area contributed by atoms with Gasteiger partial charge in [0.15, 0.2) is 0 Å². The fourth-order valence-electron chi connectivity index (χ4n) is 5.03. The summed E-state index contributed by atoms with van der Waals surface area (Å²) < 4.78 is 1.18. The van der Waals surface area contributed by atoms with E-state index in [-0.39, 0.29) is 23.8 Å². The SMILES string of the molecule is Cc1ccccc1C(=O)N1CCC(C(=O)N2CCCC[C@H]2c2nc3ccccc3s2)CC1. The molecule has 2 aromatic carbocycles. The Labute approximate surface area is 193 Å². The Kier molecular flexibility index (Phi) is 5.96. The lowest BCUT2D eigenvalue weighted by Gasteiger charge is -2.39. The Morgan fingerprint density at radius 3 is 2.47 bits per heavy atom. The van der Waals surface area contributed by atoms with Crippen molar-refractivity contribution in [3.05, 3.63) is 64.7 Å². The molecule has 1 aromatic heterocycles. The minimum atomic E-state index is -0.00843. The van der Waals surface area contributed by atoms with Crippen molar-refractivity contribution in [1.29, 1.82) is 0 Å². The molecule has 1 atom stereocenters. The topological polar surface area (TPSA) is 53.5 Å². The summed E-state index contributed by atoms with van der Waals surface area (Å²) in [6.07, 6.45) is 4.64. The van der Waals surface area contributed by atoms with E-state index in [1.165, 1.54) is 4.70 Å². The maximum Gasteiger partial charge on any atom is 0.254 e. The van der Waals surface area contributed by atoms with Gasteiger partial charge in [-0.05, 0) is 62.8 Å². The third-order valence-electron chi connectivity index (χ3n) is 6.89. The molecule has 166 valence electrons. The van der Waals surface area contributed by atoms with Crippen molar-refractivity contribution in [3.63, 3.8) is 0 Å². The zero-order chi connectivity index (χ0) is 22.1. The molecule has 2 saturated heterocycles. The van der Waals surface area contributed by atoms with Crippen LogP contribution < -0.4 is 0 Å². The monoisotopic (exact) mass is 447 g/mol. The first-order valence-corrected chi connectivity index (χ1v) is 12.4. The lowest BCUT2D eigenvalue weighted by Crippen LogP contribution is -2.46. The molecule has 0 N–H and O–H groups in total. The molecule has 2 aliphatic heterocycles. The molecular formula is C26H29N3O2S. The first-order valence-electron chi connectivity index (χ1n) is 11.6. The van der Waals surface area contributed by atoms with Crippen LogP contribution in [0.25, 0.3) is 10.2 Å². The molecule has 0 spiro atoms. The summed E-state index contributed by atoms with van der Waals surface area (Å²) in [5, 5.41) is 1.06. The van der Waals surface area contributed by atoms with Crippen LogP contribution in [0.4, 0.5) is 0 Å². The average Bonchev–Trinajstić information content (AvgIpc) is 3.28. The van der Waals surface area contributed by atoms with Crippen molar-refractivity contribution in [1.82, 2.24) is 14.8 Å². The number of benzene rings is 2. The molecule has 0 aliphatic carbocycles. The number of piperidine rings is 2. The van der Waals surface area contributed by atoms with E-state index in [9.17, 15) is 9.59 Å². The van der Waals surface area contributed by atoms with E-state index in [2.05, 4.69) is 11.0 Å². The first-order chi connectivity index (χ1) is 15.6. The van der Waals surface area contributed by atoms with E-state index in [0.29, 0.717) is 13.1 Å². The molecule has 0 radical (unpaired) electrons. The summed E-state index contributed by atoms with van der Waals surface area (Å²) in [6, 6.07) is 16.0. The number of aromatic nitrogens is 1. The average molecular weight is 448 g/mol. The molecule has 5 rings (SSSR count). The number of hydrogen-bond acceptors (Lipinski definition) is 4. The van der Waals surface area contributed by atoms with Gasteiger partial charge >= 0.3 is 0 Å². The molecule has 3 aromatic rings. The van der Waals surface area contributed by atoms with E-state index < -0.39 is 0 Å². The second-order valence-electron chi connectivity index (χ2n) is 8.94. The Morgan fingerprint density at radius 2 is 1.69 bits per heavy atom. The molecule has 0 unspecified atom stereocenters. The van der Waals surface area contributed by atoms with Crippen LogP contribution in [0.15, 0.2) is 48.5 Å². The quantitative estimate of drug-likeness (QED) is 0.554. The van der Waals surface area contributed by atoms with Crippen molar-refractivity contribution in [3.8, 4) is 0 Å². The molecule has 2 amide bonds. The van der Waals surface area contributed by atoms with Gasteiger partial charge in [0.25, 0.3) is 5.91 Å². The van der Waals surface area contributed by atoms with Crippen molar-refractivity contribution < 1.29 is 9.59 Å². The zero-order valence-electron chi connectivity index (χ0n) is 18.5. The third-order valence-corrected chi connectivity index (χ3v) is 8.03. The van der Waals surface area contributed by atoms with E-state index in [4.69, 9.17) is 4.98 Å². The lowest BCUT2D eigenvalue weighted by molar-refractivity contribution is -0.141. The number of likely N-dealkylation sites (tertiary alicyclic amines) is 2. The number of fused-ring (bicyclic) bond motifs is 1. The smallest absolute Gasteiger partial charge is 0.254 e. The molecule has 2 aliphatic rings. The summed E-state index contributed by atoms with van der Waals surface area (Å²) in [5.74, 6) is 0.321. The van der Waals surface area contributed by atoms with Crippen molar-refractivity contribution in [2.75, 3.05) is 19.6 Å². The second-order valence-corrected chi connectivity index (χ2v) is 10.0. The number of hydrogen-bond donors (Lipinski definition) is 0. The van der Waals surface area contributed by atoms with Gasteiger partial charge in [0.05, 0.1) is 16.3 Å². The Hall–Kier alpha value is -2.73. The number of carbonyl (C=O) groups is 2. The minimum Gasteiger partial charge on any atom is -0.339 e. The van der Waals surface area contributed by atoms with E-state index >= 15 is 0 Å². The predicted molar refractivity (Wildman–Crippen MR) is 128 cm³/mol. The van der Waals surface area contributed by atoms with Gasteiger partial charge in [-0.1, -0.05) is 30.3 Å². The number of amides is 2. The van der Waals surface area contributed by atoms with Crippen LogP contribution in [0.5, 0.6) is 0 Å². The van der Waals surface area contributed by atoms with Gasteiger partial charge in [-0.25, -0.2) is 4.98 Å². The molecule has 0 bridgehead atoms. The van der Waals surface area contributed by atoms with Gasteiger partial charge in [0.1, 0.15) is 5.01 Å². The normalized spacial score (nSPS) is 20.0. The van der Waals surface area contributed by atoms with Gasteiger partial charge in [0, 0.05) is 31.1 Å². The van der Waals surface area contributed by atoms with Crippen molar-refractivity contribution >= 4 is 33.4 Å². The van der Waals surface area contributed by atoms with Crippen LogP contribution in [-0.4, -0.2) is 46.2 Å². The first kappa shape index (κ1) is 21.1.